The van der Waals surface area contributed by atoms with Crippen LogP contribution in [-0.4, -0.2) is 36.4 Å². The second-order valence-corrected chi connectivity index (χ2v) is 16.5. The number of allylic oxidation sites excluding steroid dienone is 22. The summed E-state index contributed by atoms with van der Waals surface area (Å²) in [7, 11) is 0. The average molecular weight is 883 g/mol. The van der Waals surface area contributed by atoms with Gasteiger partial charge in [0.2, 0.25) is 0 Å². The maximum atomic E-state index is 12.3. The van der Waals surface area contributed by atoms with E-state index >= 15 is 0 Å². The lowest BCUT2D eigenvalue weighted by molar-refractivity contribution is -0.161. The fraction of sp³-hybridized carbons (Fsp3) is 0.593. The van der Waals surface area contributed by atoms with Gasteiger partial charge in [0.1, 0.15) is 6.61 Å². The van der Waals surface area contributed by atoms with Gasteiger partial charge >= 0.3 is 11.9 Å². The Morgan fingerprint density at radius 3 is 1.02 bits per heavy atom. The predicted molar refractivity (Wildman–Crippen MR) is 278 cm³/mol. The molecule has 0 heterocycles. The third-order valence-electron chi connectivity index (χ3n) is 10.4. The van der Waals surface area contributed by atoms with E-state index in [-0.39, 0.29) is 25.2 Å². The van der Waals surface area contributed by atoms with Crippen LogP contribution in [0.5, 0.6) is 0 Å². The second-order valence-electron chi connectivity index (χ2n) is 16.5. The number of ether oxygens (including phenoxy) is 2. The van der Waals surface area contributed by atoms with Crippen LogP contribution >= 0.6 is 0 Å². The molecule has 0 aromatic carbocycles. The molecule has 0 spiro atoms. The number of carbonyl (C=O) groups excluding carboxylic acids is 2. The molecule has 64 heavy (non-hydrogen) atoms. The summed E-state index contributed by atoms with van der Waals surface area (Å²) in [4.78, 5) is 24.4. The van der Waals surface area contributed by atoms with Crippen molar-refractivity contribution < 1.29 is 24.2 Å². The Morgan fingerprint density at radius 2 is 0.672 bits per heavy atom. The Labute approximate surface area is 394 Å². The SMILES string of the molecule is CC/C=C\C/C=C\C/C=C\C/C=C\C/C=C\C/C=C\C/C=C\C/C=C\C/C=C\CCCCCCCCCCCC(=O)OC(CO)COC(=O)CCCCCCC/C=C\C/C=C\CCC. The van der Waals surface area contributed by atoms with Gasteiger partial charge in [-0.1, -0.05) is 218 Å². The van der Waals surface area contributed by atoms with Crippen LogP contribution in [0, 0.1) is 0 Å². The molecule has 0 rings (SSSR count). The number of hydrogen-bond acceptors (Lipinski definition) is 5. The fourth-order valence-electron chi connectivity index (χ4n) is 6.58. The monoisotopic (exact) mass is 883 g/mol. The van der Waals surface area contributed by atoms with E-state index < -0.39 is 6.10 Å². The van der Waals surface area contributed by atoms with E-state index in [1.54, 1.807) is 0 Å². The van der Waals surface area contributed by atoms with Crippen LogP contribution in [0.1, 0.15) is 206 Å². The van der Waals surface area contributed by atoms with Crippen molar-refractivity contribution in [2.75, 3.05) is 13.2 Å². The molecular weight excluding hydrogens is 789 g/mol. The molecule has 0 aliphatic heterocycles. The Kier molecular flexibility index (Phi) is 50.1. The molecule has 1 atom stereocenters. The lowest BCUT2D eigenvalue weighted by Gasteiger charge is -2.15. The highest BCUT2D eigenvalue weighted by molar-refractivity contribution is 5.70. The quantitative estimate of drug-likeness (QED) is 0.0375. The highest BCUT2D eigenvalue weighted by atomic mass is 16.6. The summed E-state index contributed by atoms with van der Waals surface area (Å²) in [5.74, 6) is -0.624. The van der Waals surface area contributed by atoms with E-state index in [4.69, 9.17) is 9.47 Å². The molecule has 5 nitrogen and oxygen atoms in total. The molecular formula is C59H94O5. The Bertz CT molecular complexity index is 1370. The molecule has 0 saturated carbocycles. The molecule has 0 saturated heterocycles. The first-order chi connectivity index (χ1) is 31.6. The number of rotatable bonds is 45. The van der Waals surface area contributed by atoms with Crippen molar-refractivity contribution in [2.45, 2.75) is 213 Å². The number of aliphatic hydroxyl groups excluding tert-OH is 1. The molecule has 0 bridgehead atoms. The Morgan fingerprint density at radius 1 is 0.375 bits per heavy atom. The molecule has 0 aliphatic rings. The fourth-order valence-corrected chi connectivity index (χ4v) is 6.58. The minimum Gasteiger partial charge on any atom is -0.462 e. The van der Waals surface area contributed by atoms with Gasteiger partial charge in [0.25, 0.3) is 0 Å². The van der Waals surface area contributed by atoms with Gasteiger partial charge in [-0.2, -0.15) is 0 Å². The third-order valence-corrected chi connectivity index (χ3v) is 10.4. The summed E-state index contributed by atoms with van der Waals surface area (Å²) in [5.41, 5.74) is 0. The minimum atomic E-state index is -0.789. The van der Waals surface area contributed by atoms with Crippen molar-refractivity contribution >= 4 is 11.9 Å². The predicted octanol–water partition coefficient (Wildman–Crippen LogP) is 17.3. The van der Waals surface area contributed by atoms with Gasteiger partial charge < -0.3 is 14.6 Å². The van der Waals surface area contributed by atoms with Gasteiger partial charge in [-0.05, 0) is 109 Å². The summed E-state index contributed by atoms with van der Waals surface area (Å²) in [6, 6.07) is 0. The van der Waals surface area contributed by atoms with Crippen molar-refractivity contribution in [1.29, 1.82) is 0 Å². The van der Waals surface area contributed by atoms with E-state index in [2.05, 4.69) is 148 Å². The molecule has 0 aromatic rings. The third kappa shape index (κ3) is 50.7. The molecule has 0 fully saturated rings. The van der Waals surface area contributed by atoms with Crippen molar-refractivity contribution in [1.82, 2.24) is 0 Å². The topological polar surface area (TPSA) is 72.8 Å². The van der Waals surface area contributed by atoms with Gasteiger partial charge in [-0.15, -0.1) is 0 Å². The summed E-state index contributed by atoms with van der Waals surface area (Å²) in [5, 5.41) is 9.60. The standard InChI is InChI=1S/C59H94O5/c1-3-5-7-9-11-13-15-17-18-19-20-21-22-23-24-25-26-27-28-29-30-31-32-33-34-35-36-37-38-39-40-42-44-46-48-50-52-54-59(62)64-57(55-60)56-63-58(61)53-51-49-47-45-43-41-16-14-12-10-8-6-4-2/h5,7-8,10-11,13-14,16-18,20-21,23-24,26-27,29-30,32-33,35-36,57,60H,3-4,6,9,12,15,19,22,25,28,31,34,37-56H2,1-2H3/b7-5-,10-8-,13-11-,16-14-,18-17-,21-20-,24-23-,27-26-,30-29-,33-32-,36-35-. The molecule has 1 unspecified atom stereocenters. The Balaban J connectivity index is 3.61. The lowest BCUT2D eigenvalue weighted by Crippen LogP contribution is -2.28. The summed E-state index contributed by atoms with van der Waals surface area (Å²) in [6.45, 7) is 3.93. The zero-order valence-electron chi connectivity index (χ0n) is 41.0. The maximum absolute atomic E-state index is 12.3. The van der Waals surface area contributed by atoms with Crippen LogP contribution in [0.4, 0.5) is 0 Å². The number of esters is 2. The molecule has 5 heteroatoms. The van der Waals surface area contributed by atoms with Crippen LogP contribution in [0.3, 0.4) is 0 Å². The van der Waals surface area contributed by atoms with Crippen LogP contribution < -0.4 is 0 Å². The molecule has 360 valence electrons. The first-order valence-electron chi connectivity index (χ1n) is 25.7. The van der Waals surface area contributed by atoms with E-state index in [1.807, 2.05) is 0 Å². The zero-order valence-corrected chi connectivity index (χ0v) is 41.0. The van der Waals surface area contributed by atoms with Gasteiger partial charge in [0.15, 0.2) is 6.10 Å². The van der Waals surface area contributed by atoms with Crippen molar-refractivity contribution in [3.05, 3.63) is 134 Å². The minimum absolute atomic E-state index is 0.0829. The van der Waals surface area contributed by atoms with Crippen LogP contribution in [0.2, 0.25) is 0 Å². The Hall–Kier alpha value is -3.96. The smallest absolute Gasteiger partial charge is 0.306 e. The highest BCUT2D eigenvalue weighted by Crippen LogP contribution is 2.13. The maximum Gasteiger partial charge on any atom is 0.306 e. The summed E-state index contributed by atoms with van der Waals surface area (Å²) in [6.07, 6.45) is 79.8. The van der Waals surface area contributed by atoms with Gasteiger partial charge in [0, 0.05) is 12.8 Å². The number of aliphatic hydroxyl groups is 1. The molecule has 0 amide bonds. The highest BCUT2D eigenvalue weighted by Gasteiger charge is 2.16. The molecule has 1 N–H and O–H groups in total. The number of unbranched alkanes of at least 4 members (excludes halogenated alkanes) is 15. The molecule has 0 aliphatic carbocycles. The number of hydrogen-bond donors (Lipinski definition) is 1. The zero-order chi connectivity index (χ0) is 46.3. The van der Waals surface area contributed by atoms with Gasteiger partial charge in [0.05, 0.1) is 6.61 Å². The largest absolute Gasteiger partial charge is 0.462 e. The van der Waals surface area contributed by atoms with Gasteiger partial charge in [-0.3, -0.25) is 9.59 Å². The number of carbonyl (C=O) groups is 2. The molecule has 0 radical (unpaired) electrons. The van der Waals surface area contributed by atoms with Gasteiger partial charge in [-0.25, -0.2) is 0 Å². The van der Waals surface area contributed by atoms with E-state index in [0.29, 0.717) is 12.8 Å². The normalized spacial score (nSPS) is 13.4. The average Bonchev–Trinajstić information content (AvgIpc) is 3.30. The molecule has 0 aromatic heterocycles. The first kappa shape index (κ1) is 60.0. The second kappa shape index (κ2) is 53.4. The summed E-state index contributed by atoms with van der Waals surface area (Å²) >= 11 is 0. The van der Waals surface area contributed by atoms with E-state index in [0.717, 1.165) is 122 Å². The van der Waals surface area contributed by atoms with Crippen molar-refractivity contribution in [3.63, 3.8) is 0 Å². The van der Waals surface area contributed by atoms with Crippen LogP contribution in [0.15, 0.2) is 134 Å². The first-order valence-corrected chi connectivity index (χ1v) is 25.7. The van der Waals surface area contributed by atoms with Crippen LogP contribution in [-0.2, 0) is 19.1 Å². The van der Waals surface area contributed by atoms with E-state index in [1.165, 1.54) is 57.8 Å². The van der Waals surface area contributed by atoms with E-state index in [9.17, 15) is 14.7 Å². The summed E-state index contributed by atoms with van der Waals surface area (Å²) < 4.78 is 10.6. The van der Waals surface area contributed by atoms with Crippen LogP contribution in [0.25, 0.3) is 0 Å². The van der Waals surface area contributed by atoms with Crippen molar-refractivity contribution in [2.24, 2.45) is 0 Å². The van der Waals surface area contributed by atoms with Crippen molar-refractivity contribution in [3.8, 4) is 0 Å². The lowest BCUT2D eigenvalue weighted by atomic mass is 10.1.